The number of ether oxygens (including phenoxy) is 1. The van der Waals surface area contributed by atoms with Crippen LogP contribution in [0.25, 0.3) is 0 Å². The molecule has 0 atom stereocenters. The second kappa shape index (κ2) is 2.74. The molecule has 2 nitrogen and oxygen atoms in total. The van der Waals surface area contributed by atoms with Crippen molar-refractivity contribution in [2.45, 2.75) is 31.3 Å². The van der Waals surface area contributed by atoms with Crippen molar-refractivity contribution >= 4 is 0 Å². The Morgan fingerprint density at radius 1 is 1.36 bits per heavy atom. The molecule has 1 aliphatic carbocycles. The lowest BCUT2D eigenvalue weighted by Gasteiger charge is -2.08. The van der Waals surface area contributed by atoms with Gasteiger partial charge in [-0.3, -0.25) is 0 Å². The third kappa shape index (κ3) is 1.40. The van der Waals surface area contributed by atoms with Crippen molar-refractivity contribution in [1.82, 2.24) is 0 Å². The van der Waals surface area contributed by atoms with Gasteiger partial charge in [-0.15, -0.1) is 0 Å². The van der Waals surface area contributed by atoms with Crippen LogP contribution in [-0.2, 0) is 12.8 Å². The van der Waals surface area contributed by atoms with Crippen LogP contribution in [0.1, 0.15) is 24.0 Å². The van der Waals surface area contributed by atoms with Crippen molar-refractivity contribution in [3.63, 3.8) is 0 Å². The summed E-state index contributed by atoms with van der Waals surface area (Å²) in [5, 5.41) is 9.80. The molecule has 3 rings (SSSR count). The van der Waals surface area contributed by atoms with E-state index in [4.69, 9.17) is 4.74 Å². The summed E-state index contributed by atoms with van der Waals surface area (Å²) in [6, 6.07) is 6.28. The van der Waals surface area contributed by atoms with Gasteiger partial charge in [0, 0.05) is 12.8 Å². The molecule has 1 N–H and O–H groups in total. The highest BCUT2D eigenvalue weighted by Crippen LogP contribution is 2.39. The van der Waals surface area contributed by atoms with E-state index < -0.39 is 0 Å². The molecule has 0 aromatic heterocycles. The SMILES string of the molecule is OC1(Cc2ccc3c(c2)CCO3)CC1. The molecule has 2 heteroatoms. The van der Waals surface area contributed by atoms with Crippen molar-refractivity contribution in [2.24, 2.45) is 0 Å². The molecule has 1 aliphatic heterocycles. The maximum atomic E-state index is 9.80. The van der Waals surface area contributed by atoms with Crippen LogP contribution >= 0.6 is 0 Å². The van der Waals surface area contributed by atoms with E-state index in [1.54, 1.807) is 0 Å². The minimum absolute atomic E-state index is 0.381. The van der Waals surface area contributed by atoms with Gasteiger partial charge in [0.2, 0.25) is 0 Å². The topological polar surface area (TPSA) is 29.5 Å². The van der Waals surface area contributed by atoms with Crippen LogP contribution in [0.2, 0.25) is 0 Å². The Labute approximate surface area is 83.5 Å². The quantitative estimate of drug-likeness (QED) is 0.769. The Hall–Kier alpha value is -1.02. The number of aliphatic hydroxyl groups is 1. The van der Waals surface area contributed by atoms with Crippen LogP contribution in [0.4, 0.5) is 0 Å². The molecule has 0 saturated heterocycles. The summed E-state index contributed by atoms with van der Waals surface area (Å²) in [6.45, 7) is 0.809. The predicted octanol–water partition coefficient (Wildman–Crippen LogP) is 1.69. The molecule has 1 fully saturated rings. The summed E-state index contributed by atoms with van der Waals surface area (Å²) >= 11 is 0. The van der Waals surface area contributed by atoms with Gasteiger partial charge in [0.15, 0.2) is 0 Å². The zero-order valence-electron chi connectivity index (χ0n) is 8.12. The molecular formula is C12H14O2. The van der Waals surface area contributed by atoms with Crippen molar-refractivity contribution < 1.29 is 9.84 Å². The Morgan fingerprint density at radius 2 is 2.21 bits per heavy atom. The van der Waals surface area contributed by atoms with Crippen LogP contribution in [0, 0.1) is 0 Å². The van der Waals surface area contributed by atoms with E-state index in [-0.39, 0.29) is 5.60 Å². The first-order valence-corrected chi connectivity index (χ1v) is 5.22. The molecular weight excluding hydrogens is 176 g/mol. The van der Waals surface area contributed by atoms with Crippen LogP contribution in [0.3, 0.4) is 0 Å². The van der Waals surface area contributed by atoms with Gasteiger partial charge in [0.1, 0.15) is 5.75 Å². The number of fused-ring (bicyclic) bond motifs is 1. The van der Waals surface area contributed by atoms with E-state index in [9.17, 15) is 5.11 Å². The predicted molar refractivity (Wildman–Crippen MR) is 53.5 cm³/mol. The summed E-state index contributed by atoms with van der Waals surface area (Å²) in [4.78, 5) is 0. The average molecular weight is 190 g/mol. The van der Waals surface area contributed by atoms with Gasteiger partial charge < -0.3 is 9.84 Å². The summed E-state index contributed by atoms with van der Waals surface area (Å²) in [5.74, 6) is 1.02. The number of hydrogen-bond donors (Lipinski definition) is 1. The van der Waals surface area contributed by atoms with Crippen molar-refractivity contribution in [3.05, 3.63) is 29.3 Å². The first kappa shape index (κ1) is 8.30. The van der Waals surface area contributed by atoms with Crippen LogP contribution < -0.4 is 4.74 Å². The maximum absolute atomic E-state index is 9.80. The van der Waals surface area contributed by atoms with Gasteiger partial charge in [-0.25, -0.2) is 0 Å². The molecule has 74 valence electrons. The maximum Gasteiger partial charge on any atom is 0.122 e. The normalized spacial score (nSPS) is 21.5. The Bertz CT molecular complexity index is 367. The van der Waals surface area contributed by atoms with E-state index in [2.05, 4.69) is 12.1 Å². The smallest absolute Gasteiger partial charge is 0.122 e. The molecule has 0 spiro atoms. The Morgan fingerprint density at radius 3 is 3.00 bits per heavy atom. The summed E-state index contributed by atoms with van der Waals surface area (Å²) in [5.41, 5.74) is 2.16. The molecule has 1 saturated carbocycles. The molecule has 0 unspecified atom stereocenters. The molecule has 0 amide bonds. The fourth-order valence-electron chi connectivity index (χ4n) is 2.05. The van der Waals surface area contributed by atoms with Crippen molar-refractivity contribution in [1.29, 1.82) is 0 Å². The second-order valence-corrected chi connectivity index (χ2v) is 4.44. The zero-order valence-corrected chi connectivity index (χ0v) is 8.12. The van der Waals surface area contributed by atoms with Gasteiger partial charge in [0.25, 0.3) is 0 Å². The largest absolute Gasteiger partial charge is 0.493 e. The minimum Gasteiger partial charge on any atom is -0.493 e. The summed E-state index contributed by atoms with van der Waals surface area (Å²) in [6.07, 6.45) is 3.74. The van der Waals surface area contributed by atoms with E-state index in [0.717, 1.165) is 38.0 Å². The minimum atomic E-state index is -0.381. The first-order valence-electron chi connectivity index (χ1n) is 5.22. The van der Waals surface area contributed by atoms with Crippen LogP contribution in [0.5, 0.6) is 5.75 Å². The molecule has 14 heavy (non-hydrogen) atoms. The average Bonchev–Trinajstić information content (AvgIpc) is 2.73. The van der Waals surface area contributed by atoms with Gasteiger partial charge in [0.05, 0.1) is 12.2 Å². The first-order chi connectivity index (χ1) is 6.75. The van der Waals surface area contributed by atoms with Gasteiger partial charge in [-0.1, -0.05) is 12.1 Å². The van der Waals surface area contributed by atoms with Gasteiger partial charge >= 0.3 is 0 Å². The lowest BCUT2D eigenvalue weighted by atomic mass is 10.0. The summed E-state index contributed by atoms with van der Waals surface area (Å²) < 4.78 is 5.44. The number of rotatable bonds is 2. The molecule has 1 heterocycles. The molecule has 1 aromatic rings. The van der Waals surface area contributed by atoms with E-state index >= 15 is 0 Å². The van der Waals surface area contributed by atoms with Crippen LogP contribution in [0.15, 0.2) is 18.2 Å². The Kier molecular flexibility index (Phi) is 1.62. The second-order valence-electron chi connectivity index (χ2n) is 4.44. The molecule has 2 aliphatic rings. The third-order valence-corrected chi connectivity index (χ3v) is 3.11. The Balaban J connectivity index is 1.85. The van der Waals surface area contributed by atoms with Gasteiger partial charge in [-0.2, -0.15) is 0 Å². The van der Waals surface area contributed by atoms with Crippen LogP contribution in [-0.4, -0.2) is 17.3 Å². The van der Waals surface area contributed by atoms with Gasteiger partial charge in [-0.05, 0) is 30.0 Å². The highest BCUT2D eigenvalue weighted by molar-refractivity contribution is 5.40. The molecule has 0 bridgehead atoms. The molecule has 1 aromatic carbocycles. The van der Waals surface area contributed by atoms with E-state index in [0.29, 0.717) is 0 Å². The number of hydrogen-bond acceptors (Lipinski definition) is 2. The number of benzene rings is 1. The standard InChI is InChI=1S/C12H14O2/c13-12(4-5-12)8-9-1-2-11-10(7-9)3-6-14-11/h1-2,7,13H,3-6,8H2. The lowest BCUT2D eigenvalue weighted by Crippen LogP contribution is -2.10. The van der Waals surface area contributed by atoms with Crippen molar-refractivity contribution in [3.8, 4) is 5.75 Å². The van der Waals surface area contributed by atoms with E-state index in [1.165, 1.54) is 11.1 Å². The monoisotopic (exact) mass is 190 g/mol. The highest BCUT2D eigenvalue weighted by Gasteiger charge is 2.40. The molecule has 0 radical (unpaired) electrons. The van der Waals surface area contributed by atoms with Crippen molar-refractivity contribution in [2.75, 3.05) is 6.61 Å². The fraction of sp³-hybridized carbons (Fsp3) is 0.500. The fourth-order valence-corrected chi connectivity index (χ4v) is 2.05. The lowest BCUT2D eigenvalue weighted by molar-refractivity contribution is 0.151. The highest BCUT2D eigenvalue weighted by atomic mass is 16.5. The van der Waals surface area contributed by atoms with E-state index in [1.807, 2.05) is 6.07 Å². The zero-order chi connectivity index (χ0) is 9.60. The summed E-state index contributed by atoms with van der Waals surface area (Å²) in [7, 11) is 0. The third-order valence-electron chi connectivity index (χ3n) is 3.11.